The van der Waals surface area contributed by atoms with Crippen LogP contribution >= 0.6 is 0 Å². The zero-order chi connectivity index (χ0) is 21.8. The summed E-state index contributed by atoms with van der Waals surface area (Å²) in [5.41, 5.74) is 0.781. The first kappa shape index (κ1) is 20.1. The summed E-state index contributed by atoms with van der Waals surface area (Å²) >= 11 is 0. The Morgan fingerprint density at radius 1 is 1.03 bits per heavy atom. The number of H-pyrrole nitrogens is 1. The minimum Gasteiger partial charge on any atom is -0.498 e. The number of carbonyl (C=O) groups is 1. The molecule has 2 aromatic heterocycles. The van der Waals surface area contributed by atoms with Gasteiger partial charge in [0.05, 0.1) is 0 Å². The van der Waals surface area contributed by atoms with Gasteiger partial charge < -0.3 is 15.2 Å². The summed E-state index contributed by atoms with van der Waals surface area (Å²) in [6.07, 6.45) is 1.46. The summed E-state index contributed by atoms with van der Waals surface area (Å²) in [4.78, 5) is 28.0. The van der Waals surface area contributed by atoms with Crippen molar-refractivity contribution < 1.29 is 24.0 Å². The number of aromatic amines is 1. The zero-order valence-electron chi connectivity index (χ0n) is 16.3. The smallest absolute Gasteiger partial charge is 0.385 e. The number of nitrogens with zero attached hydrogens (tertiary/aromatic N) is 1. The molecule has 0 atom stereocenters. The van der Waals surface area contributed by atoms with Gasteiger partial charge in [0.15, 0.2) is 0 Å². The second-order valence-corrected chi connectivity index (χ2v) is 6.83. The van der Waals surface area contributed by atoms with Crippen molar-refractivity contribution in [2.75, 3.05) is 0 Å². The zero-order valence-corrected chi connectivity index (χ0v) is 16.3. The number of benzene rings is 2. The van der Waals surface area contributed by atoms with Crippen LogP contribution in [0.3, 0.4) is 0 Å². The SMILES string of the molecule is O=C(NCc1ccc(F)cc1)c1[nH+]c2c(OCc3ccccc3)cccn2c(=O)c1O. The molecule has 2 aromatic carbocycles. The average Bonchev–Trinajstić information content (AvgIpc) is 2.80. The number of hydrogen-bond acceptors (Lipinski definition) is 4. The van der Waals surface area contributed by atoms with Gasteiger partial charge in [0.25, 0.3) is 11.7 Å². The number of nitrogens with one attached hydrogen (secondary N) is 2. The van der Waals surface area contributed by atoms with Gasteiger partial charge in [-0.2, -0.15) is 4.40 Å². The van der Waals surface area contributed by atoms with Crippen LogP contribution in [0.1, 0.15) is 21.6 Å². The molecule has 0 saturated heterocycles. The molecule has 3 N–H and O–H groups in total. The number of amides is 1. The summed E-state index contributed by atoms with van der Waals surface area (Å²) in [5.74, 6) is -1.43. The van der Waals surface area contributed by atoms with Gasteiger partial charge in [-0.1, -0.05) is 42.5 Å². The molecule has 2 heterocycles. The number of halogens is 1. The van der Waals surface area contributed by atoms with E-state index in [0.717, 1.165) is 5.56 Å². The highest BCUT2D eigenvalue weighted by molar-refractivity contribution is 5.93. The molecule has 4 rings (SSSR count). The van der Waals surface area contributed by atoms with Crippen molar-refractivity contribution in [2.45, 2.75) is 13.2 Å². The fourth-order valence-electron chi connectivity index (χ4n) is 3.07. The second-order valence-electron chi connectivity index (χ2n) is 6.83. The van der Waals surface area contributed by atoms with Crippen LogP contribution in [-0.4, -0.2) is 15.4 Å². The molecule has 1 amide bonds. The van der Waals surface area contributed by atoms with E-state index in [1.54, 1.807) is 12.1 Å². The van der Waals surface area contributed by atoms with E-state index in [-0.39, 0.29) is 30.3 Å². The van der Waals surface area contributed by atoms with Crippen LogP contribution in [-0.2, 0) is 13.2 Å². The van der Waals surface area contributed by atoms with Crippen molar-refractivity contribution in [3.63, 3.8) is 0 Å². The molecule has 31 heavy (non-hydrogen) atoms. The fourth-order valence-corrected chi connectivity index (χ4v) is 3.07. The number of rotatable bonds is 6. The minimum absolute atomic E-state index is 0.0952. The Morgan fingerprint density at radius 2 is 1.77 bits per heavy atom. The molecule has 156 valence electrons. The van der Waals surface area contributed by atoms with Crippen LogP contribution < -0.4 is 20.6 Å². The van der Waals surface area contributed by atoms with Gasteiger partial charge in [-0.25, -0.2) is 14.2 Å². The fraction of sp³-hybridized carbons (Fsp3) is 0.0870. The van der Waals surface area contributed by atoms with E-state index in [1.807, 2.05) is 30.3 Å². The van der Waals surface area contributed by atoms with Crippen LogP contribution in [0.4, 0.5) is 4.39 Å². The molecule has 7 nitrogen and oxygen atoms in total. The standard InChI is InChI=1S/C23H18FN3O4/c24-17-10-8-15(9-11-17)13-25-22(29)19-20(28)23(30)27-12-4-7-18(21(27)26-19)31-14-16-5-2-1-3-6-16/h1-12,28H,13-14H2,(H,25,29)/p+1. The summed E-state index contributed by atoms with van der Waals surface area (Å²) < 4.78 is 20.0. The maximum absolute atomic E-state index is 13.0. The molecule has 4 aromatic rings. The third kappa shape index (κ3) is 4.37. The number of aromatic hydroxyl groups is 1. The van der Waals surface area contributed by atoms with Crippen molar-refractivity contribution in [3.05, 3.63) is 106 Å². The Balaban J connectivity index is 1.62. The second kappa shape index (κ2) is 8.66. The number of ether oxygens (including phenoxy) is 1. The molecule has 0 aliphatic carbocycles. The Morgan fingerprint density at radius 3 is 2.52 bits per heavy atom. The molecule has 0 fully saturated rings. The van der Waals surface area contributed by atoms with Crippen LogP contribution in [0.15, 0.2) is 77.7 Å². The molecule has 8 heteroatoms. The summed E-state index contributed by atoms with van der Waals surface area (Å²) in [5, 5.41) is 12.9. The van der Waals surface area contributed by atoms with Gasteiger partial charge in [0, 0.05) is 6.54 Å². The van der Waals surface area contributed by atoms with Gasteiger partial charge >= 0.3 is 11.2 Å². The molecule has 0 aliphatic rings. The molecule has 0 unspecified atom stereocenters. The molecule has 0 spiro atoms. The minimum atomic E-state index is -0.758. The van der Waals surface area contributed by atoms with E-state index >= 15 is 0 Å². The monoisotopic (exact) mass is 420 g/mol. The lowest BCUT2D eigenvalue weighted by Crippen LogP contribution is -2.34. The van der Waals surface area contributed by atoms with Gasteiger partial charge in [0.1, 0.15) is 18.6 Å². The van der Waals surface area contributed by atoms with E-state index in [1.165, 1.54) is 34.9 Å². The molecule has 0 bridgehead atoms. The topological polar surface area (TPSA) is 94.2 Å². The number of aromatic nitrogens is 2. The number of fused-ring (bicyclic) bond motifs is 1. The lowest BCUT2D eigenvalue weighted by molar-refractivity contribution is -0.357. The molecule has 0 saturated carbocycles. The maximum Gasteiger partial charge on any atom is 0.385 e. The number of hydrogen-bond donors (Lipinski definition) is 2. The van der Waals surface area contributed by atoms with Crippen molar-refractivity contribution in [1.82, 2.24) is 9.72 Å². The summed E-state index contributed by atoms with van der Waals surface area (Å²) in [6, 6.07) is 18.4. The van der Waals surface area contributed by atoms with Crippen LogP contribution in [0.2, 0.25) is 0 Å². The van der Waals surface area contributed by atoms with E-state index in [9.17, 15) is 19.1 Å². The number of pyridine rings is 1. The van der Waals surface area contributed by atoms with E-state index in [0.29, 0.717) is 11.3 Å². The third-order valence-corrected chi connectivity index (χ3v) is 4.69. The Kier molecular flexibility index (Phi) is 5.61. The highest BCUT2D eigenvalue weighted by Crippen LogP contribution is 2.18. The van der Waals surface area contributed by atoms with Crippen molar-refractivity contribution >= 4 is 11.6 Å². The van der Waals surface area contributed by atoms with Crippen molar-refractivity contribution in [3.8, 4) is 11.5 Å². The average molecular weight is 420 g/mol. The van der Waals surface area contributed by atoms with Crippen LogP contribution in [0, 0.1) is 5.82 Å². The van der Waals surface area contributed by atoms with Crippen molar-refractivity contribution in [2.24, 2.45) is 0 Å². The predicted octanol–water partition coefficient (Wildman–Crippen LogP) is 2.47. The molecular weight excluding hydrogens is 401 g/mol. The molecular formula is C23H19FN3O4+. The lowest BCUT2D eigenvalue weighted by Gasteiger charge is -2.08. The van der Waals surface area contributed by atoms with Crippen LogP contribution in [0.5, 0.6) is 11.5 Å². The van der Waals surface area contributed by atoms with Gasteiger partial charge in [-0.3, -0.25) is 4.79 Å². The van der Waals surface area contributed by atoms with Gasteiger partial charge in [-0.05, 0) is 35.4 Å². The van der Waals surface area contributed by atoms with E-state index < -0.39 is 17.2 Å². The lowest BCUT2D eigenvalue weighted by atomic mass is 10.2. The summed E-state index contributed by atoms with van der Waals surface area (Å²) in [6.45, 7) is 0.355. The van der Waals surface area contributed by atoms with Crippen LogP contribution in [0.25, 0.3) is 5.65 Å². The van der Waals surface area contributed by atoms with Gasteiger partial charge in [0.2, 0.25) is 11.4 Å². The first-order valence-electron chi connectivity index (χ1n) is 9.52. The Bertz CT molecular complexity index is 1290. The quantitative estimate of drug-likeness (QED) is 0.501. The maximum atomic E-state index is 13.0. The Labute approximate surface area is 176 Å². The first-order valence-corrected chi connectivity index (χ1v) is 9.52. The normalized spacial score (nSPS) is 10.7. The largest absolute Gasteiger partial charge is 0.498 e. The predicted molar refractivity (Wildman–Crippen MR) is 110 cm³/mol. The third-order valence-electron chi connectivity index (χ3n) is 4.69. The van der Waals surface area contributed by atoms with E-state index in [2.05, 4.69) is 10.3 Å². The van der Waals surface area contributed by atoms with Crippen molar-refractivity contribution in [1.29, 1.82) is 0 Å². The molecule has 0 aliphatic heterocycles. The molecule has 0 radical (unpaired) electrons. The van der Waals surface area contributed by atoms with E-state index in [4.69, 9.17) is 4.74 Å². The van der Waals surface area contributed by atoms with Gasteiger partial charge in [-0.15, -0.1) is 0 Å². The Hall–Kier alpha value is -4.20. The highest BCUT2D eigenvalue weighted by Gasteiger charge is 2.25. The number of carbonyl (C=O) groups excluding carboxylic acids is 1. The summed E-state index contributed by atoms with van der Waals surface area (Å²) in [7, 11) is 0. The first-order chi connectivity index (χ1) is 15.0. The highest BCUT2D eigenvalue weighted by atomic mass is 19.1.